The average Bonchev–Trinajstić information content (AvgIpc) is 2.91. The smallest absolute Gasteiger partial charge is 0.262 e. The third kappa shape index (κ3) is 6.06. The molecule has 8 nitrogen and oxygen atoms in total. The van der Waals surface area contributed by atoms with E-state index < -0.39 is 0 Å². The molecule has 9 heteroatoms. The standard InChI is InChI=1S/C28H29N3O5S/c1-18-10-11-22-21(14-18)27(33)31(17-19-8-6-5-7-9-19)28(30-22)37-13-12-25(32)29-20-15-23(34-2)26(36-4)24(16-20)35-3/h5-11,14-16H,12-13,17H2,1-4H3,(H,29,32). The lowest BCUT2D eigenvalue weighted by Crippen LogP contribution is -2.24. The van der Waals surface area contributed by atoms with Crippen molar-refractivity contribution in [1.29, 1.82) is 0 Å². The minimum absolute atomic E-state index is 0.0954. The molecule has 0 fully saturated rings. The molecular formula is C28H29N3O5S. The van der Waals surface area contributed by atoms with Gasteiger partial charge in [0.1, 0.15) is 0 Å². The van der Waals surface area contributed by atoms with Gasteiger partial charge in [-0.15, -0.1) is 0 Å². The van der Waals surface area contributed by atoms with E-state index in [0.29, 0.717) is 51.3 Å². The van der Waals surface area contributed by atoms with Gasteiger partial charge >= 0.3 is 0 Å². The Morgan fingerprint density at radius 2 is 1.68 bits per heavy atom. The Hall–Kier alpha value is -3.98. The molecule has 4 rings (SSSR count). The number of thioether (sulfide) groups is 1. The zero-order valence-electron chi connectivity index (χ0n) is 21.2. The van der Waals surface area contributed by atoms with E-state index in [0.717, 1.165) is 11.1 Å². The van der Waals surface area contributed by atoms with Crippen LogP contribution in [-0.2, 0) is 11.3 Å². The summed E-state index contributed by atoms with van der Waals surface area (Å²) in [7, 11) is 4.56. The van der Waals surface area contributed by atoms with E-state index in [2.05, 4.69) is 5.32 Å². The molecule has 1 heterocycles. The molecule has 0 radical (unpaired) electrons. The van der Waals surface area contributed by atoms with Crippen molar-refractivity contribution in [2.75, 3.05) is 32.4 Å². The Morgan fingerprint density at radius 3 is 2.32 bits per heavy atom. The third-order valence-corrected chi connectivity index (χ3v) is 6.75. The van der Waals surface area contributed by atoms with E-state index in [4.69, 9.17) is 19.2 Å². The number of ether oxygens (including phenoxy) is 3. The van der Waals surface area contributed by atoms with E-state index in [9.17, 15) is 9.59 Å². The summed E-state index contributed by atoms with van der Waals surface area (Å²) in [5.41, 5.74) is 3.08. The summed E-state index contributed by atoms with van der Waals surface area (Å²) in [6.45, 7) is 2.35. The fourth-order valence-electron chi connectivity index (χ4n) is 3.94. The number of nitrogens with zero attached hydrogens (tertiary/aromatic N) is 2. The van der Waals surface area contributed by atoms with E-state index in [1.54, 1.807) is 16.7 Å². The number of methoxy groups -OCH3 is 3. The van der Waals surface area contributed by atoms with E-state index >= 15 is 0 Å². The van der Waals surface area contributed by atoms with Crippen LogP contribution in [0.4, 0.5) is 5.69 Å². The largest absolute Gasteiger partial charge is 0.493 e. The zero-order valence-corrected chi connectivity index (χ0v) is 22.1. The summed E-state index contributed by atoms with van der Waals surface area (Å²) < 4.78 is 17.7. The number of benzene rings is 3. The molecule has 0 saturated carbocycles. The molecule has 37 heavy (non-hydrogen) atoms. The summed E-state index contributed by atoms with van der Waals surface area (Å²) in [4.78, 5) is 30.9. The Balaban J connectivity index is 1.52. The van der Waals surface area contributed by atoms with E-state index in [-0.39, 0.29) is 17.9 Å². The summed E-state index contributed by atoms with van der Waals surface area (Å²) in [5, 5.41) is 4.03. The summed E-state index contributed by atoms with van der Waals surface area (Å²) in [6.07, 6.45) is 0.217. The normalized spacial score (nSPS) is 10.8. The zero-order chi connectivity index (χ0) is 26.4. The monoisotopic (exact) mass is 519 g/mol. The predicted molar refractivity (Wildman–Crippen MR) is 146 cm³/mol. The minimum atomic E-state index is -0.185. The summed E-state index contributed by atoms with van der Waals surface area (Å²) in [5.74, 6) is 1.61. The van der Waals surface area contributed by atoms with Crippen LogP contribution in [0.2, 0.25) is 0 Å². The number of carbonyl (C=O) groups excluding carboxylic acids is 1. The second-order valence-electron chi connectivity index (χ2n) is 8.35. The number of aromatic nitrogens is 2. The van der Waals surface area contributed by atoms with Gasteiger partial charge in [0.25, 0.3) is 5.56 Å². The highest BCUT2D eigenvalue weighted by Crippen LogP contribution is 2.40. The van der Waals surface area contributed by atoms with Crippen LogP contribution >= 0.6 is 11.8 Å². The van der Waals surface area contributed by atoms with Crippen LogP contribution < -0.4 is 25.1 Å². The van der Waals surface area contributed by atoms with E-state index in [1.165, 1.54) is 33.1 Å². The first-order chi connectivity index (χ1) is 17.9. The maximum absolute atomic E-state index is 13.4. The first kappa shape index (κ1) is 26.1. The predicted octanol–water partition coefficient (Wildman–Crippen LogP) is 4.90. The molecule has 192 valence electrons. The molecule has 3 aromatic carbocycles. The van der Waals surface area contributed by atoms with Gasteiger partial charge < -0.3 is 19.5 Å². The summed E-state index contributed by atoms with van der Waals surface area (Å²) >= 11 is 1.38. The van der Waals surface area contributed by atoms with Crippen molar-refractivity contribution in [1.82, 2.24) is 9.55 Å². The van der Waals surface area contributed by atoms with Crippen molar-refractivity contribution >= 4 is 34.3 Å². The van der Waals surface area contributed by atoms with Crippen molar-refractivity contribution < 1.29 is 19.0 Å². The van der Waals surface area contributed by atoms with Crippen molar-refractivity contribution in [2.24, 2.45) is 0 Å². The highest BCUT2D eigenvalue weighted by Gasteiger charge is 2.16. The van der Waals surface area contributed by atoms with Gasteiger partial charge in [0.15, 0.2) is 16.7 Å². The minimum Gasteiger partial charge on any atom is -0.493 e. The topological polar surface area (TPSA) is 91.7 Å². The van der Waals surface area contributed by atoms with Crippen LogP contribution in [0.15, 0.2) is 70.6 Å². The molecule has 0 unspecified atom stereocenters. The van der Waals surface area contributed by atoms with Crippen molar-refractivity contribution in [3.63, 3.8) is 0 Å². The number of rotatable bonds is 10. The van der Waals surface area contributed by atoms with Crippen LogP contribution in [0, 0.1) is 6.92 Å². The van der Waals surface area contributed by atoms with Gasteiger partial charge in [-0.25, -0.2) is 4.98 Å². The molecule has 0 bridgehead atoms. The Bertz CT molecular complexity index is 1450. The second-order valence-corrected chi connectivity index (χ2v) is 9.41. The number of hydrogen-bond acceptors (Lipinski definition) is 7. The molecular weight excluding hydrogens is 490 g/mol. The van der Waals surface area contributed by atoms with Crippen molar-refractivity contribution in [2.45, 2.75) is 25.0 Å². The Labute approximate surface area is 219 Å². The SMILES string of the molecule is COc1cc(NC(=O)CCSc2nc3ccc(C)cc3c(=O)n2Cc2ccccc2)cc(OC)c1OC. The van der Waals surface area contributed by atoms with Crippen LogP contribution in [0.1, 0.15) is 17.5 Å². The molecule has 0 spiro atoms. The van der Waals surface area contributed by atoms with Crippen molar-refractivity contribution in [3.8, 4) is 17.2 Å². The molecule has 0 aliphatic heterocycles. The fraction of sp³-hybridized carbons (Fsp3) is 0.250. The molecule has 0 atom stereocenters. The number of fused-ring (bicyclic) bond motifs is 1. The van der Waals surface area contributed by atoms with Gasteiger partial charge in [-0.1, -0.05) is 53.7 Å². The van der Waals surface area contributed by atoms with Gasteiger partial charge in [0.2, 0.25) is 11.7 Å². The third-order valence-electron chi connectivity index (χ3n) is 5.77. The first-order valence-corrected chi connectivity index (χ1v) is 12.7. The fourth-order valence-corrected chi connectivity index (χ4v) is 4.88. The Morgan fingerprint density at radius 1 is 0.973 bits per heavy atom. The van der Waals surface area contributed by atoms with E-state index in [1.807, 2.05) is 55.5 Å². The van der Waals surface area contributed by atoms with Gasteiger partial charge in [0.05, 0.1) is 38.8 Å². The number of hydrogen-bond donors (Lipinski definition) is 1. The number of carbonyl (C=O) groups is 1. The average molecular weight is 520 g/mol. The number of amides is 1. The Kier molecular flexibility index (Phi) is 8.35. The molecule has 0 saturated heterocycles. The lowest BCUT2D eigenvalue weighted by Gasteiger charge is -2.15. The lowest BCUT2D eigenvalue weighted by atomic mass is 10.1. The molecule has 0 aliphatic rings. The molecule has 1 aromatic heterocycles. The first-order valence-electron chi connectivity index (χ1n) is 11.7. The molecule has 1 N–H and O–H groups in total. The van der Waals surface area contributed by atoms with Gasteiger partial charge in [-0.3, -0.25) is 14.2 Å². The number of aryl methyl sites for hydroxylation is 1. The lowest BCUT2D eigenvalue weighted by molar-refractivity contribution is -0.115. The van der Waals surface area contributed by atoms with Crippen LogP contribution in [0.5, 0.6) is 17.2 Å². The summed E-state index contributed by atoms with van der Waals surface area (Å²) in [6, 6.07) is 18.8. The molecule has 1 amide bonds. The van der Waals surface area contributed by atoms with Crippen LogP contribution in [0.3, 0.4) is 0 Å². The molecule has 0 aliphatic carbocycles. The quantitative estimate of drug-likeness (QED) is 0.235. The van der Waals surface area contributed by atoms with Gasteiger partial charge in [-0.05, 0) is 24.6 Å². The maximum atomic E-state index is 13.4. The highest BCUT2D eigenvalue weighted by molar-refractivity contribution is 7.99. The highest BCUT2D eigenvalue weighted by atomic mass is 32.2. The van der Waals surface area contributed by atoms with Crippen LogP contribution in [-0.4, -0.2) is 42.5 Å². The van der Waals surface area contributed by atoms with Gasteiger partial charge in [0, 0.05) is 30.0 Å². The van der Waals surface area contributed by atoms with Gasteiger partial charge in [-0.2, -0.15) is 0 Å². The number of anilines is 1. The number of nitrogens with one attached hydrogen (secondary N) is 1. The van der Waals surface area contributed by atoms with Crippen molar-refractivity contribution in [3.05, 3.63) is 82.1 Å². The maximum Gasteiger partial charge on any atom is 0.262 e. The second kappa shape index (κ2) is 11.8. The van der Waals surface area contributed by atoms with Crippen LogP contribution in [0.25, 0.3) is 10.9 Å². The molecule has 4 aromatic rings.